The Balaban J connectivity index is 1.71. The highest BCUT2D eigenvalue weighted by molar-refractivity contribution is 5.83. The lowest BCUT2D eigenvalue weighted by molar-refractivity contribution is -0.123. The molecule has 0 heterocycles. The van der Waals surface area contributed by atoms with Crippen molar-refractivity contribution in [1.29, 1.82) is 0 Å². The average molecular weight is 258 g/mol. The molecule has 1 unspecified atom stereocenters. The zero-order chi connectivity index (χ0) is 13.1. The second-order valence-corrected chi connectivity index (χ2v) is 5.77. The van der Waals surface area contributed by atoms with Crippen LogP contribution in [0.2, 0.25) is 0 Å². The van der Waals surface area contributed by atoms with Crippen LogP contribution in [0.3, 0.4) is 0 Å². The van der Waals surface area contributed by atoms with E-state index in [0.29, 0.717) is 12.1 Å². The van der Waals surface area contributed by atoms with Gasteiger partial charge in [-0.15, -0.1) is 0 Å². The molecule has 0 spiro atoms. The molecule has 2 saturated carbocycles. The van der Waals surface area contributed by atoms with Gasteiger partial charge >= 0.3 is 0 Å². The van der Waals surface area contributed by atoms with Crippen LogP contribution in [-0.4, -0.2) is 18.0 Å². The minimum absolute atomic E-state index is 0.139. The Labute approximate surface area is 114 Å². The highest BCUT2D eigenvalue weighted by Crippen LogP contribution is 2.24. The molecule has 0 aromatic heterocycles. The summed E-state index contributed by atoms with van der Waals surface area (Å²) in [5.74, 6) is 0.139. The lowest BCUT2D eigenvalue weighted by Crippen LogP contribution is -2.42. The number of nitrogens with one attached hydrogen (secondary N) is 2. The van der Waals surface area contributed by atoms with Crippen molar-refractivity contribution in [3.05, 3.63) is 35.9 Å². The summed E-state index contributed by atoms with van der Waals surface area (Å²) in [4.78, 5) is 12.4. The largest absolute Gasteiger partial charge is 0.352 e. The van der Waals surface area contributed by atoms with Gasteiger partial charge in [-0.1, -0.05) is 43.2 Å². The first kappa shape index (κ1) is 12.7. The Kier molecular flexibility index (Phi) is 3.83. The standard InChI is InChI=1S/C16H22N2O/c19-16(18-14-10-11-14)15(12-6-2-1-3-7-12)17-13-8-4-5-9-13/h1-3,6-7,13-15,17H,4-5,8-11H2,(H,18,19). The van der Waals surface area contributed by atoms with Crippen LogP contribution < -0.4 is 10.6 Å². The summed E-state index contributed by atoms with van der Waals surface area (Å²) in [7, 11) is 0. The number of carbonyl (C=O) groups excluding carboxylic acids is 1. The van der Waals surface area contributed by atoms with Gasteiger partial charge in [0, 0.05) is 12.1 Å². The van der Waals surface area contributed by atoms with E-state index in [-0.39, 0.29) is 11.9 Å². The molecule has 2 fully saturated rings. The lowest BCUT2D eigenvalue weighted by Gasteiger charge is -2.22. The first-order chi connectivity index (χ1) is 9.33. The predicted octanol–water partition coefficient (Wildman–Crippen LogP) is 2.54. The van der Waals surface area contributed by atoms with Crippen LogP contribution in [0.4, 0.5) is 0 Å². The zero-order valence-electron chi connectivity index (χ0n) is 11.3. The summed E-state index contributed by atoms with van der Waals surface area (Å²) in [6.07, 6.45) is 7.22. The van der Waals surface area contributed by atoms with Gasteiger partial charge in [0.2, 0.25) is 5.91 Å². The molecule has 102 valence electrons. The van der Waals surface area contributed by atoms with Gasteiger partial charge < -0.3 is 5.32 Å². The molecule has 1 atom stereocenters. The topological polar surface area (TPSA) is 41.1 Å². The summed E-state index contributed by atoms with van der Waals surface area (Å²) in [5, 5.41) is 6.68. The molecule has 19 heavy (non-hydrogen) atoms. The van der Waals surface area contributed by atoms with E-state index in [4.69, 9.17) is 0 Å². The fraction of sp³-hybridized carbons (Fsp3) is 0.562. The number of rotatable bonds is 5. The molecule has 0 bridgehead atoms. The SMILES string of the molecule is O=C(NC1CC1)C(NC1CCCC1)c1ccccc1. The van der Waals surface area contributed by atoms with Gasteiger partial charge in [0.15, 0.2) is 0 Å². The molecule has 0 radical (unpaired) electrons. The normalized spacial score (nSPS) is 21.3. The van der Waals surface area contributed by atoms with Gasteiger partial charge in [0.25, 0.3) is 0 Å². The Morgan fingerprint density at radius 3 is 2.32 bits per heavy atom. The highest BCUT2D eigenvalue weighted by atomic mass is 16.2. The van der Waals surface area contributed by atoms with Gasteiger partial charge in [-0.25, -0.2) is 0 Å². The fourth-order valence-electron chi connectivity index (χ4n) is 2.81. The summed E-state index contributed by atoms with van der Waals surface area (Å²) in [6, 6.07) is 10.8. The fourth-order valence-corrected chi connectivity index (χ4v) is 2.81. The number of benzene rings is 1. The van der Waals surface area contributed by atoms with Gasteiger partial charge in [-0.3, -0.25) is 10.1 Å². The maximum Gasteiger partial charge on any atom is 0.241 e. The van der Waals surface area contributed by atoms with Crippen molar-refractivity contribution in [3.63, 3.8) is 0 Å². The molecule has 2 aliphatic carbocycles. The van der Waals surface area contributed by atoms with E-state index >= 15 is 0 Å². The van der Waals surface area contributed by atoms with Crippen LogP contribution in [0.5, 0.6) is 0 Å². The minimum Gasteiger partial charge on any atom is -0.352 e. The molecule has 2 aliphatic rings. The Hall–Kier alpha value is -1.35. The van der Waals surface area contributed by atoms with Gasteiger partial charge in [0.05, 0.1) is 0 Å². The molecular formula is C16H22N2O. The minimum atomic E-state index is -0.190. The zero-order valence-corrected chi connectivity index (χ0v) is 11.3. The maximum absolute atomic E-state index is 12.4. The third-order valence-electron chi connectivity index (χ3n) is 4.08. The van der Waals surface area contributed by atoms with Gasteiger partial charge in [-0.05, 0) is 31.2 Å². The lowest BCUT2D eigenvalue weighted by atomic mass is 10.0. The van der Waals surface area contributed by atoms with E-state index in [9.17, 15) is 4.79 Å². The summed E-state index contributed by atoms with van der Waals surface area (Å²) < 4.78 is 0. The summed E-state index contributed by atoms with van der Waals surface area (Å²) in [5.41, 5.74) is 1.08. The molecule has 3 nitrogen and oxygen atoms in total. The molecule has 2 N–H and O–H groups in total. The van der Waals surface area contributed by atoms with Crippen LogP contribution in [0, 0.1) is 0 Å². The summed E-state index contributed by atoms with van der Waals surface area (Å²) in [6.45, 7) is 0. The molecule has 0 saturated heterocycles. The average Bonchev–Trinajstić information content (AvgIpc) is 3.10. The molecule has 0 aliphatic heterocycles. The van der Waals surface area contributed by atoms with Crippen LogP contribution in [0.1, 0.15) is 50.1 Å². The van der Waals surface area contributed by atoms with E-state index in [2.05, 4.69) is 10.6 Å². The summed E-state index contributed by atoms with van der Waals surface area (Å²) >= 11 is 0. The quantitative estimate of drug-likeness (QED) is 0.852. The molecule has 3 rings (SSSR count). The van der Waals surface area contributed by atoms with Crippen molar-refractivity contribution >= 4 is 5.91 Å². The van der Waals surface area contributed by atoms with Gasteiger partial charge in [0.1, 0.15) is 6.04 Å². The Morgan fingerprint density at radius 1 is 1.00 bits per heavy atom. The van der Waals surface area contributed by atoms with E-state index in [1.165, 1.54) is 25.7 Å². The van der Waals surface area contributed by atoms with Crippen molar-refractivity contribution in [1.82, 2.24) is 10.6 Å². The number of amides is 1. The van der Waals surface area contributed by atoms with E-state index in [1.54, 1.807) is 0 Å². The number of hydrogen-bond donors (Lipinski definition) is 2. The molecule has 1 amide bonds. The van der Waals surface area contributed by atoms with Crippen LogP contribution in [0.25, 0.3) is 0 Å². The third-order valence-corrected chi connectivity index (χ3v) is 4.08. The second kappa shape index (κ2) is 5.74. The van der Waals surface area contributed by atoms with Crippen molar-refractivity contribution in [2.45, 2.75) is 56.7 Å². The predicted molar refractivity (Wildman–Crippen MR) is 75.7 cm³/mol. The highest BCUT2D eigenvalue weighted by Gasteiger charge is 2.30. The van der Waals surface area contributed by atoms with Crippen LogP contribution in [0.15, 0.2) is 30.3 Å². The van der Waals surface area contributed by atoms with E-state index in [0.717, 1.165) is 18.4 Å². The van der Waals surface area contributed by atoms with Crippen molar-refractivity contribution in [3.8, 4) is 0 Å². The maximum atomic E-state index is 12.4. The third kappa shape index (κ3) is 3.35. The van der Waals surface area contributed by atoms with Gasteiger partial charge in [-0.2, -0.15) is 0 Å². The van der Waals surface area contributed by atoms with Crippen LogP contribution >= 0.6 is 0 Å². The van der Waals surface area contributed by atoms with E-state index in [1.807, 2.05) is 30.3 Å². The van der Waals surface area contributed by atoms with Crippen molar-refractivity contribution in [2.24, 2.45) is 0 Å². The first-order valence-electron chi connectivity index (χ1n) is 7.44. The van der Waals surface area contributed by atoms with Crippen molar-refractivity contribution < 1.29 is 4.79 Å². The second-order valence-electron chi connectivity index (χ2n) is 5.77. The number of hydrogen-bond acceptors (Lipinski definition) is 2. The monoisotopic (exact) mass is 258 g/mol. The first-order valence-corrected chi connectivity index (χ1v) is 7.44. The molecular weight excluding hydrogens is 236 g/mol. The molecule has 1 aromatic carbocycles. The Morgan fingerprint density at radius 2 is 1.68 bits per heavy atom. The smallest absolute Gasteiger partial charge is 0.241 e. The number of carbonyl (C=O) groups is 1. The van der Waals surface area contributed by atoms with Crippen molar-refractivity contribution in [2.75, 3.05) is 0 Å². The molecule has 1 aromatic rings. The van der Waals surface area contributed by atoms with E-state index < -0.39 is 0 Å². The molecule has 3 heteroatoms. The van der Waals surface area contributed by atoms with Crippen LogP contribution in [-0.2, 0) is 4.79 Å². The Bertz CT molecular complexity index is 422.